The van der Waals surface area contributed by atoms with Crippen LogP contribution in [0.15, 0.2) is 60.7 Å². The molecule has 0 spiro atoms. The lowest BCUT2D eigenvalue weighted by molar-refractivity contribution is -0.384. The molecule has 3 aromatic carbocycles. The Balaban J connectivity index is 1.48. The van der Waals surface area contributed by atoms with Crippen molar-refractivity contribution in [3.63, 3.8) is 0 Å². The molecule has 0 saturated carbocycles. The fraction of sp³-hybridized carbons (Fsp3) is 0.259. The molecular formula is C27H26N4O4. The minimum Gasteiger partial charge on any atom is -0.365 e. The van der Waals surface area contributed by atoms with Crippen molar-refractivity contribution in [1.82, 2.24) is 0 Å². The molecule has 178 valence electrons. The van der Waals surface area contributed by atoms with E-state index >= 15 is 0 Å². The maximum absolute atomic E-state index is 13.3. The smallest absolute Gasteiger partial charge is 0.293 e. The number of amides is 2. The van der Waals surface area contributed by atoms with Crippen LogP contribution in [0, 0.1) is 24.0 Å². The number of hydrogen-bond acceptors (Lipinski definition) is 6. The van der Waals surface area contributed by atoms with Gasteiger partial charge in [0.1, 0.15) is 5.69 Å². The van der Waals surface area contributed by atoms with E-state index in [1.807, 2.05) is 30.0 Å². The highest BCUT2D eigenvalue weighted by Crippen LogP contribution is 2.38. The molecular weight excluding hydrogens is 444 g/mol. The third-order valence-corrected chi connectivity index (χ3v) is 6.77. The predicted octanol–water partition coefficient (Wildman–Crippen LogP) is 4.73. The van der Waals surface area contributed by atoms with Gasteiger partial charge in [0.15, 0.2) is 0 Å². The Bertz CT molecular complexity index is 1350. The van der Waals surface area contributed by atoms with Gasteiger partial charge in [-0.05, 0) is 56.7 Å². The molecule has 5 rings (SSSR count). The number of anilines is 3. The van der Waals surface area contributed by atoms with Crippen molar-refractivity contribution in [2.24, 2.45) is 0 Å². The zero-order valence-electron chi connectivity index (χ0n) is 19.9. The number of hydrogen-bond donors (Lipinski definition) is 0. The molecule has 0 bridgehead atoms. The van der Waals surface area contributed by atoms with Crippen LogP contribution in [-0.4, -0.2) is 42.4 Å². The number of nitro groups is 1. The lowest BCUT2D eigenvalue weighted by Gasteiger charge is -2.42. The standard InChI is InChI=1S/C27H26N4O4/c1-17-7-9-20(10-8-17)30-26(32)22-14-24(25(31(34)35)15-23(22)27(30)33)28-11-12-29(19(3)16-28)21-6-4-5-18(2)13-21/h4-10,13-15,19H,11-12,16H2,1-3H3/t19-/m0/s1. The Morgan fingerprint density at radius 3 is 2.17 bits per heavy atom. The molecule has 3 aromatic rings. The first kappa shape index (κ1) is 22.6. The number of imide groups is 1. The highest BCUT2D eigenvalue weighted by atomic mass is 16.6. The highest BCUT2D eigenvalue weighted by Gasteiger charge is 2.40. The normalized spacial score (nSPS) is 17.7. The molecule has 2 amide bonds. The van der Waals surface area contributed by atoms with Gasteiger partial charge >= 0.3 is 0 Å². The molecule has 1 saturated heterocycles. The topological polar surface area (TPSA) is 87.0 Å². The minimum absolute atomic E-state index is 0.0671. The van der Waals surface area contributed by atoms with Gasteiger partial charge in [-0.1, -0.05) is 29.8 Å². The van der Waals surface area contributed by atoms with Crippen LogP contribution in [0.2, 0.25) is 0 Å². The van der Waals surface area contributed by atoms with E-state index in [1.165, 1.54) is 17.7 Å². The minimum atomic E-state index is -0.541. The zero-order valence-corrected chi connectivity index (χ0v) is 19.9. The number of fused-ring (bicyclic) bond motifs is 1. The molecule has 2 aliphatic rings. The van der Waals surface area contributed by atoms with Crippen molar-refractivity contribution >= 4 is 34.6 Å². The first-order chi connectivity index (χ1) is 16.7. The summed E-state index contributed by atoms with van der Waals surface area (Å²) in [5.41, 5.74) is 4.22. The number of benzene rings is 3. The van der Waals surface area contributed by atoms with E-state index in [-0.39, 0.29) is 22.9 Å². The van der Waals surface area contributed by atoms with Crippen molar-refractivity contribution in [2.45, 2.75) is 26.8 Å². The zero-order chi connectivity index (χ0) is 24.9. The van der Waals surface area contributed by atoms with Gasteiger partial charge in [-0.2, -0.15) is 0 Å². The van der Waals surface area contributed by atoms with E-state index in [0.717, 1.165) is 16.2 Å². The molecule has 0 unspecified atom stereocenters. The molecule has 0 aliphatic carbocycles. The van der Waals surface area contributed by atoms with E-state index in [4.69, 9.17) is 0 Å². The van der Waals surface area contributed by atoms with Crippen LogP contribution in [0.1, 0.15) is 38.8 Å². The van der Waals surface area contributed by atoms with Crippen LogP contribution < -0.4 is 14.7 Å². The summed E-state index contributed by atoms with van der Waals surface area (Å²) in [6.07, 6.45) is 0. The van der Waals surface area contributed by atoms with E-state index < -0.39 is 16.7 Å². The lowest BCUT2D eigenvalue weighted by Crippen LogP contribution is -2.52. The Morgan fingerprint density at radius 2 is 1.54 bits per heavy atom. The van der Waals surface area contributed by atoms with Gasteiger partial charge in [0.05, 0.1) is 21.7 Å². The Kier molecular flexibility index (Phi) is 5.51. The second-order valence-electron chi connectivity index (χ2n) is 9.25. The number of nitrogens with zero attached hydrogens (tertiary/aromatic N) is 4. The summed E-state index contributed by atoms with van der Waals surface area (Å²) >= 11 is 0. The van der Waals surface area contributed by atoms with Gasteiger partial charge in [-0.25, -0.2) is 4.90 Å². The number of aryl methyl sites for hydroxylation is 2. The predicted molar refractivity (Wildman–Crippen MR) is 136 cm³/mol. The molecule has 8 nitrogen and oxygen atoms in total. The van der Waals surface area contributed by atoms with Gasteiger partial charge < -0.3 is 9.80 Å². The van der Waals surface area contributed by atoms with Crippen LogP contribution >= 0.6 is 0 Å². The van der Waals surface area contributed by atoms with E-state index in [9.17, 15) is 19.7 Å². The SMILES string of the molecule is Cc1ccc(N2C(=O)c3cc(N4CCN(c5cccc(C)c5)[C@@H](C)C4)c([N+](=O)[O-])cc3C2=O)cc1. The van der Waals surface area contributed by atoms with Crippen LogP contribution in [0.3, 0.4) is 0 Å². The van der Waals surface area contributed by atoms with E-state index in [2.05, 4.69) is 36.9 Å². The summed E-state index contributed by atoms with van der Waals surface area (Å²) in [6, 6.07) is 18.2. The summed E-state index contributed by atoms with van der Waals surface area (Å²) in [4.78, 5) is 43.2. The summed E-state index contributed by atoms with van der Waals surface area (Å²) in [7, 11) is 0. The summed E-state index contributed by atoms with van der Waals surface area (Å²) in [5, 5.41) is 12.0. The second-order valence-corrected chi connectivity index (χ2v) is 9.25. The van der Waals surface area contributed by atoms with Crippen molar-refractivity contribution in [3.8, 4) is 0 Å². The average molecular weight is 471 g/mol. The van der Waals surface area contributed by atoms with Crippen molar-refractivity contribution < 1.29 is 14.5 Å². The van der Waals surface area contributed by atoms with Gasteiger partial charge in [-0.3, -0.25) is 19.7 Å². The third-order valence-electron chi connectivity index (χ3n) is 6.77. The number of carbonyl (C=O) groups excluding carboxylic acids is 2. The molecule has 2 heterocycles. The van der Waals surface area contributed by atoms with Gasteiger partial charge in [0.2, 0.25) is 0 Å². The van der Waals surface area contributed by atoms with Crippen LogP contribution in [-0.2, 0) is 0 Å². The van der Waals surface area contributed by atoms with Crippen LogP contribution in [0.4, 0.5) is 22.7 Å². The van der Waals surface area contributed by atoms with Crippen LogP contribution in [0.5, 0.6) is 0 Å². The molecule has 2 aliphatic heterocycles. The third kappa shape index (κ3) is 3.90. The Labute approximate surface area is 203 Å². The average Bonchev–Trinajstić information content (AvgIpc) is 3.08. The molecule has 1 atom stereocenters. The molecule has 1 fully saturated rings. The number of piperazine rings is 1. The monoisotopic (exact) mass is 470 g/mol. The molecule has 35 heavy (non-hydrogen) atoms. The Morgan fingerprint density at radius 1 is 0.857 bits per heavy atom. The lowest BCUT2D eigenvalue weighted by atomic mass is 10.0. The number of carbonyl (C=O) groups is 2. The highest BCUT2D eigenvalue weighted by molar-refractivity contribution is 6.35. The summed E-state index contributed by atoms with van der Waals surface area (Å²) in [5.74, 6) is -1.00. The van der Waals surface area contributed by atoms with E-state index in [0.29, 0.717) is 31.0 Å². The van der Waals surface area contributed by atoms with Crippen molar-refractivity contribution in [1.29, 1.82) is 0 Å². The van der Waals surface area contributed by atoms with Gasteiger partial charge in [0, 0.05) is 37.4 Å². The Hall–Kier alpha value is -4.20. The molecule has 8 heteroatoms. The fourth-order valence-electron chi connectivity index (χ4n) is 4.96. The quantitative estimate of drug-likeness (QED) is 0.311. The fourth-order valence-corrected chi connectivity index (χ4v) is 4.96. The molecule has 0 radical (unpaired) electrons. The first-order valence-corrected chi connectivity index (χ1v) is 11.6. The van der Waals surface area contributed by atoms with Crippen LogP contribution in [0.25, 0.3) is 0 Å². The number of rotatable bonds is 4. The maximum Gasteiger partial charge on any atom is 0.293 e. The molecule has 0 aromatic heterocycles. The second kappa shape index (κ2) is 8.54. The van der Waals surface area contributed by atoms with Crippen molar-refractivity contribution in [3.05, 3.63) is 93.0 Å². The summed E-state index contributed by atoms with van der Waals surface area (Å²) < 4.78 is 0. The largest absolute Gasteiger partial charge is 0.365 e. The van der Waals surface area contributed by atoms with Gasteiger partial charge in [0.25, 0.3) is 17.5 Å². The first-order valence-electron chi connectivity index (χ1n) is 11.6. The summed E-state index contributed by atoms with van der Waals surface area (Å²) in [6.45, 7) is 7.85. The van der Waals surface area contributed by atoms with Gasteiger partial charge in [-0.15, -0.1) is 0 Å². The van der Waals surface area contributed by atoms with E-state index in [1.54, 1.807) is 12.1 Å². The molecule has 0 N–H and O–H groups in total. The maximum atomic E-state index is 13.3. The number of nitro benzene ring substituents is 1. The van der Waals surface area contributed by atoms with Crippen molar-refractivity contribution in [2.75, 3.05) is 34.3 Å².